The maximum absolute atomic E-state index is 14.4. The van der Waals surface area contributed by atoms with E-state index in [1.807, 2.05) is 18.2 Å². The Balaban J connectivity index is 1.81. The van der Waals surface area contributed by atoms with Gasteiger partial charge in [0.25, 0.3) is 0 Å². The molecule has 27 heavy (non-hydrogen) atoms. The topological polar surface area (TPSA) is 17.1 Å². The molecule has 4 aromatic carbocycles. The van der Waals surface area contributed by atoms with E-state index < -0.39 is 7.14 Å². The highest BCUT2D eigenvalue weighted by Gasteiger charge is 2.36. The van der Waals surface area contributed by atoms with E-state index in [1.54, 1.807) is 0 Å². The van der Waals surface area contributed by atoms with Crippen LogP contribution in [0.3, 0.4) is 0 Å². The van der Waals surface area contributed by atoms with Crippen molar-refractivity contribution >= 4 is 40.1 Å². The largest absolute Gasteiger partial charge is 0.318 e. The highest BCUT2D eigenvalue weighted by atomic mass is 31.2. The van der Waals surface area contributed by atoms with Gasteiger partial charge in [-0.25, -0.2) is 0 Å². The Labute approximate surface area is 160 Å². The molecule has 0 aliphatic heterocycles. The van der Waals surface area contributed by atoms with Gasteiger partial charge in [0.1, 0.15) is 7.14 Å². The van der Waals surface area contributed by atoms with Crippen LogP contribution in [0.1, 0.15) is 31.0 Å². The van der Waals surface area contributed by atoms with Crippen molar-refractivity contribution in [3.8, 4) is 0 Å². The molecule has 134 valence electrons. The van der Waals surface area contributed by atoms with Gasteiger partial charge in [0.15, 0.2) is 0 Å². The van der Waals surface area contributed by atoms with Gasteiger partial charge in [-0.1, -0.05) is 85.8 Å². The SMILES string of the molecule is CCCP(=O)(c1ccccc1)C1CC=c2ccc3cccc4ccc1c2c43. The smallest absolute Gasteiger partial charge is 0.123 e. The van der Waals surface area contributed by atoms with Gasteiger partial charge in [0.05, 0.1) is 0 Å². The van der Waals surface area contributed by atoms with Crippen molar-refractivity contribution in [2.75, 3.05) is 6.16 Å². The number of rotatable bonds is 4. The van der Waals surface area contributed by atoms with E-state index in [2.05, 4.69) is 67.6 Å². The van der Waals surface area contributed by atoms with Gasteiger partial charge >= 0.3 is 0 Å². The van der Waals surface area contributed by atoms with Crippen molar-refractivity contribution in [3.63, 3.8) is 0 Å². The molecule has 0 N–H and O–H groups in total. The molecule has 1 aliphatic carbocycles. The van der Waals surface area contributed by atoms with Gasteiger partial charge < -0.3 is 4.57 Å². The van der Waals surface area contributed by atoms with Gasteiger partial charge in [0.2, 0.25) is 0 Å². The lowest BCUT2D eigenvalue weighted by Gasteiger charge is -2.31. The van der Waals surface area contributed by atoms with E-state index in [9.17, 15) is 4.57 Å². The van der Waals surface area contributed by atoms with Crippen LogP contribution in [-0.4, -0.2) is 6.16 Å². The van der Waals surface area contributed by atoms with Crippen LogP contribution in [0.25, 0.3) is 27.6 Å². The Morgan fingerprint density at radius 3 is 2.33 bits per heavy atom. The molecule has 0 saturated carbocycles. The second kappa shape index (κ2) is 6.36. The van der Waals surface area contributed by atoms with E-state index in [-0.39, 0.29) is 5.66 Å². The summed E-state index contributed by atoms with van der Waals surface area (Å²) in [6, 6.07) is 25.6. The summed E-state index contributed by atoms with van der Waals surface area (Å²) >= 11 is 0. The third kappa shape index (κ3) is 2.49. The second-order valence-electron chi connectivity index (χ2n) is 7.57. The summed E-state index contributed by atoms with van der Waals surface area (Å²) in [6.07, 6.45) is 4.86. The maximum atomic E-state index is 14.4. The van der Waals surface area contributed by atoms with Gasteiger partial charge in [0, 0.05) is 17.1 Å². The molecule has 4 aromatic rings. The molecule has 0 aromatic heterocycles. The van der Waals surface area contributed by atoms with Crippen LogP contribution >= 0.6 is 7.14 Å². The maximum Gasteiger partial charge on any atom is 0.123 e. The Morgan fingerprint density at radius 2 is 1.59 bits per heavy atom. The summed E-state index contributed by atoms with van der Waals surface area (Å²) in [6.45, 7) is 2.14. The molecule has 0 bridgehead atoms. The van der Waals surface area contributed by atoms with Crippen LogP contribution in [0.4, 0.5) is 0 Å². The lowest BCUT2D eigenvalue weighted by atomic mass is 9.90. The molecular weight excluding hydrogens is 347 g/mol. The normalized spacial score (nSPS) is 18.3. The molecule has 0 heterocycles. The monoisotopic (exact) mass is 370 g/mol. The molecule has 0 spiro atoms. The molecule has 5 rings (SSSR count). The van der Waals surface area contributed by atoms with E-state index in [1.165, 1.54) is 32.3 Å². The highest BCUT2D eigenvalue weighted by Crippen LogP contribution is 2.61. The van der Waals surface area contributed by atoms with Gasteiger partial charge in [-0.2, -0.15) is 0 Å². The quantitative estimate of drug-likeness (QED) is 0.401. The predicted molar refractivity (Wildman–Crippen MR) is 117 cm³/mol. The van der Waals surface area contributed by atoms with Gasteiger partial charge in [-0.05, 0) is 45.2 Å². The highest BCUT2D eigenvalue weighted by molar-refractivity contribution is 7.72. The van der Waals surface area contributed by atoms with Crippen molar-refractivity contribution in [3.05, 3.63) is 83.6 Å². The first-order chi connectivity index (χ1) is 13.2. The van der Waals surface area contributed by atoms with Gasteiger partial charge in [-0.15, -0.1) is 0 Å². The minimum absolute atomic E-state index is 0.0718. The molecule has 2 unspecified atom stereocenters. The molecule has 0 amide bonds. The Bertz CT molecular complexity index is 1220. The zero-order valence-electron chi connectivity index (χ0n) is 15.6. The number of hydrogen-bond acceptors (Lipinski definition) is 1. The number of hydrogen-bond donors (Lipinski definition) is 0. The average molecular weight is 370 g/mol. The Kier molecular flexibility index (Phi) is 3.95. The van der Waals surface area contributed by atoms with Crippen molar-refractivity contribution < 1.29 is 4.57 Å². The Hall–Kier alpha value is -2.37. The van der Waals surface area contributed by atoms with Crippen molar-refractivity contribution in [1.82, 2.24) is 0 Å². The van der Waals surface area contributed by atoms with E-state index in [0.29, 0.717) is 0 Å². The van der Waals surface area contributed by atoms with Crippen LogP contribution in [0.15, 0.2) is 72.8 Å². The lowest BCUT2D eigenvalue weighted by Crippen LogP contribution is -2.20. The fourth-order valence-corrected chi connectivity index (χ4v) is 8.20. The fraction of sp³-hybridized carbons (Fsp3) is 0.200. The molecule has 2 heteroatoms. The second-order valence-corrected chi connectivity index (χ2v) is 10.8. The van der Waals surface area contributed by atoms with Crippen LogP contribution in [0, 0.1) is 0 Å². The third-order valence-corrected chi connectivity index (χ3v) is 9.79. The zero-order chi connectivity index (χ0) is 18.4. The molecular formula is C25H23OP. The standard InChI is InChI=1S/C25H23OP/c1-2-17-27(26,21-9-4-3-5-10-21)23-16-14-20-12-11-18-7-6-8-19-13-15-22(23)25(20)24(18)19/h3-15,23H,2,16-17H2,1H3. The predicted octanol–water partition coefficient (Wildman–Crippen LogP) is 6.04. The summed E-state index contributed by atoms with van der Waals surface area (Å²) in [5.74, 6) is 0. The molecule has 0 radical (unpaired) electrons. The minimum Gasteiger partial charge on any atom is -0.318 e. The van der Waals surface area contributed by atoms with Crippen molar-refractivity contribution in [2.24, 2.45) is 0 Å². The van der Waals surface area contributed by atoms with E-state index in [4.69, 9.17) is 0 Å². The van der Waals surface area contributed by atoms with E-state index >= 15 is 0 Å². The van der Waals surface area contributed by atoms with Crippen molar-refractivity contribution in [1.29, 1.82) is 0 Å². The summed E-state index contributed by atoms with van der Waals surface area (Å²) < 4.78 is 14.4. The first kappa shape index (κ1) is 16.8. The minimum atomic E-state index is -2.54. The van der Waals surface area contributed by atoms with Crippen molar-refractivity contribution in [2.45, 2.75) is 25.4 Å². The molecule has 1 nitrogen and oxygen atoms in total. The van der Waals surface area contributed by atoms with Gasteiger partial charge in [-0.3, -0.25) is 0 Å². The summed E-state index contributed by atoms with van der Waals surface area (Å²) in [5.41, 5.74) is 1.35. The first-order valence-electron chi connectivity index (χ1n) is 9.81. The Morgan fingerprint density at radius 1 is 0.852 bits per heavy atom. The molecule has 0 fully saturated rings. The first-order valence-corrected chi connectivity index (χ1v) is 11.8. The fourth-order valence-electron chi connectivity index (χ4n) is 4.82. The molecule has 2 atom stereocenters. The lowest BCUT2D eigenvalue weighted by molar-refractivity contribution is 0.571. The molecule has 0 saturated heterocycles. The van der Waals surface area contributed by atoms with Crippen LogP contribution < -0.4 is 10.5 Å². The molecule has 1 aliphatic rings. The van der Waals surface area contributed by atoms with Crippen LogP contribution in [0.5, 0.6) is 0 Å². The van der Waals surface area contributed by atoms with Crippen LogP contribution in [0.2, 0.25) is 0 Å². The van der Waals surface area contributed by atoms with Crippen LogP contribution in [-0.2, 0) is 4.57 Å². The summed E-state index contributed by atoms with van der Waals surface area (Å²) in [4.78, 5) is 0. The summed E-state index contributed by atoms with van der Waals surface area (Å²) in [7, 11) is -2.54. The average Bonchev–Trinajstić information content (AvgIpc) is 2.72. The number of benzene rings is 4. The third-order valence-electron chi connectivity index (χ3n) is 6.01. The summed E-state index contributed by atoms with van der Waals surface area (Å²) in [5, 5.41) is 7.50. The van der Waals surface area contributed by atoms with E-state index in [0.717, 1.165) is 24.3 Å². The zero-order valence-corrected chi connectivity index (χ0v) is 16.5.